The molecular weight excluding hydrogens is 442 g/mol. The summed E-state index contributed by atoms with van der Waals surface area (Å²) in [5, 5.41) is 2.26. The number of thiocarbonyl (C=S) groups is 1. The average Bonchev–Trinajstić information content (AvgIpc) is 2.43. The summed E-state index contributed by atoms with van der Waals surface area (Å²) >= 11 is 11.5. The lowest BCUT2D eigenvalue weighted by molar-refractivity contribution is -0.121. The number of rotatable bonds is 3. The van der Waals surface area contributed by atoms with Gasteiger partial charge in [0.15, 0.2) is 11.7 Å². The van der Waals surface area contributed by atoms with E-state index in [2.05, 4.69) is 52.8 Å². The predicted molar refractivity (Wildman–Crippen MR) is 91.5 cm³/mol. The summed E-state index contributed by atoms with van der Waals surface area (Å²) in [6.45, 7) is 1.62. The standard InChI is InChI=1S/C12H13Br2N3O4S/c1-6-3-7(13)4-8(14)10(6)21-5-9(18)15-11(22)16-17-12(19)20-2/h3-4H,5H2,1-2H3,(H,17,19)(H2,15,16,18,22). The molecule has 0 spiro atoms. The number of aryl methyl sites for hydroxylation is 1. The van der Waals surface area contributed by atoms with Gasteiger partial charge in [0, 0.05) is 4.47 Å². The molecule has 0 fully saturated rings. The van der Waals surface area contributed by atoms with Crippen LogP contribution in [-0.2, 0) is 9.53 Å². The third-order valence-corrected chi connectivity index (χ3v) is 3.51. The fourth-order valence-corrected chi connectivity index (χ4v) is 3.08. The topological polar surface area (TPSA) is 88.7 Å². The maximum absolute atomic E-state index is 11.7. The van der Waals surface area contributed by atoms with Gasteiger partial charge < -0.3 is 9.47 Å². The molecule has 7 nitrogen and oxygen atoms in total. The second-order valence-corrected chi connectivity index (χ2v) is 6.12. The molecule has 0 saturated carbocycles. The Morgan fingerprint density at radius 1 is 1.27 bits per heavy atom. The van der Waals surface area contributed by atoms with Crippen LogP contribution >= 0.6 is 44.1 Å². The van der Waals surface area contributed by atoms with Crippen LogP contribution in [0.5, 0.6) is 5.75 Å². The van der Waals surface area contributed by atoms with Gasteiger partial charge in [-0.25, -0.2) is 10.2 Å². The molecule has 0 radical (unpaired) electrons. The number of hydrazine groups is 1. The highest BCUT2D eigenvalue weighted by molar-refractivity contribution is 9.11. The molecule has 10 heteroatoms. The summed E-state index contributed by atoms with van der Waals surface area (Å²) in [4.78, 5) is 22.5. The van der Waals surface area contributed by atoms with Crippen LogP contribution < -0.4 is 20.9 Å². The van der Waals surface area contributed by atoms with Crippen LogP contribution in [0.25, 0.3) is 0 Å². The Hall–Kier alpha value is -1.39. The highest BCUT2D eigenvalue weighted by Crippen LogP contribution is 2.32. The second kappa shape index (κ2) is 8.91. The van der Waals surface area contributed by atoms with E-state index >= 15 is 0 Å². The van der Waals surface area contributed by atoms with Crippen LogP contribution in [-0.4, -0.2) is 30.8 Å². The van der Waals surface area contributed by atoms with Crippen molar-refractivity contribution in [2.24, 2.45) is 0 Å². The molecule has 1 aromatic rings. The summed E-state index contributed by atoms with van der Waals surface area (Å²) in [7, 11) is 1.20. The second-order valence-electron chi connectivity index (χ2n) is 3.94. The van der Waals surface area contributed by atoms with Gasteiger partial charge in [-0.2, -0.15) is 0 Å². The van der Waals surface area contributed by atoms with E-state index in [0.29, 0.717) is 5.75 Å². The van der Waals surface area contributed by atoms with Crippen LogP contribution in [0.4, 0.5) is 4.79 Å². The fourth-order valence-electron chi connectivity index (χ4n) is 1.36. The van der Waals surface area contributed by atoms with Gasteiger partial charge >= 0.3 is 6.09 Å². The Kier molecular flexibility index (Phi) is 7.56. The van der Waals surface area contributed by atoms with Gasteiger partial charge in [0.2, 0.25) is 0 Å². The third kappa shape index (κ3) is 6.16. The fraction of sp³-hybridized carbons (Fsp3) is 0.250. The van der Waals surface area contributed by atoms with Gasteiger partial charge in [0.1, 0.15) is 5.75 Å². The minimum Gasteiger partial charge on any atom is -0.482 e. The van der Waals surface area contributed by atoms with E-state index in [1.807, 2.05) is 19.1 Å². The number of nitrogens with one attached hydrogen (secondary N) is 3. The van der Waals surface area contributed by atoms with Crippen molar-refractivity contribution in [3.63, 3.8) is 0 Å². The maximum Gasteiger partial charge on any atom is 0.425 e. The smallest absolute Gasteiger partial charge is 0.425 e. The summed E-state index contributed by atoms with van der Waals surface area (Å²) in [5.74, 6) is 0.0864. The molecule has 0 unspecified atom stereocenters. The number of carbonyl (C=O) groups is 2. The van der Waals surface area contributed by atoms with E-state index in [9.17, 15) is 9.59 Å². The first-order chi connectivity index (χ1) is 10.3. The molecule has 0 bridgehead atoms. The number of benzene rings is 1. The van der Waals surface area contributed by atoms with E-state index in [4.69, 9.17) is 17.0 Å². The SMILES string of the molecule is COC(=O)NNC(=S)NC(=O)COc1c(C)cc(Br)cc1Br. The van der Waals surface area contributed by atoms with Gasteiger partial charge in [-0.15, -0.1) is 0 Å². The average molecular weight is 455 g/mol. The van der Waals surface area contributed by atoms with Crippen molar-refractivity contribution >= 4 is 61.2 Å². The van der Waals surface area contributed by atoms with Crippen molar-refractivity contribution in [2.75, 3.05) is 13.7 Å². The lowest BCUT2D eigenvalue weighted by Crippen LogP contribution is -2.49. The Balaban J connectivity index is 2.47. The molecule has 0 aliphatic heterocycles. The first-order valence-corrected chi connectivity index (χ1v) is 7.85. The molecule has 0 aliphatic rings. The molecule has 22 heavy (non-hydrogen) atoms. The van der Waals surface area contributed by atoms with Crippen molar-refractivity contribution in [2.45, 2.75) is 6.92 Å². The van der Waals surface area contributed by atoms with Crippen LogP contribution in [0.3, 0.4) is 0 Å². The minimum absolute atomic E-state index is 0.0782. The summed E-state index contributed by atoms with van der Waals surface area (Å²) in [5.41, 5.74) is 5.27. The zero-order valence-corrected chi connectivity index (χ0v) is 15.6. The van der Waals surface area contributed by atoms with Crippen molar-refractivity contribution in [3.8, 4) is 5.75 Å². The molecule has 3 N–H and O–H groups in total. The van der Waals surface area contributed by atoms with Gasteiger partial charge in [-0.05, 0) is 52.8 Å². The Morgan fingerprint density at radius 3 is 2.55 bits per heavy atom. The number of hydrogen-bond donors (Lipinski definition) is 3. The number of methoxy groups -OCH3 is 1. The summed E-state index contributed by atoms with van der Waals surface area (Å²) in [6.07, 6.45) is -0.734. The maximum atomic E-state index is 11.7. The van der Waals surface area contributed by atoms with Crippen LogP contribution in [0, 0.1) is 6.92 Å². The molecule has 0 aromatic heterocycles. The first kappa shape index (κ1) is 18.7. The van der Waals surface area contributed by atoms with Crippen molar-refractivity contribution < 1.29 is 19.1 Å². The minimum atomic E-state index is -0.734. The molecule has 1 rings (SSSR count). The van der Waals surface area contributed by atoms with Crippen LogP contribution in [0.15, 0.2) is 21.1 Å². The van der Waals surface area contributed by atoms with Crippen LogP contribution in [0.2, 0.25) is 0 Å². The molecule has 0 atom stereocenters. The zero-order valence-electron chi connectivity index (χ0n) is 11.7. The van der Waals surface area contributed by atoms with Crippen molar-refractivity contribution in [1.82, 2.24) is 16.2 Å². The largest absolute Gasteiger partial charge is 0.482 e. The van der Waals surface area contributed by atoms with Gasteiger partial charge in [-0.1, -0.05) is 15.9 Å². The number of amides is 2. The van der Waals surface area contributed by atoms with Crippen LogP contribution in [0.1, 0.15) is 5.56 Å². The lowest BCUT2D eigenvalue weighted by atomic mass is 10.2. The Morgan fingerprint density at radius 2 is 1.95 bits per heavy atom. The van der Waals surface area contributed by atoms with E-state index < -0.39 is 12.0 Å². The third-order valence-electron chi connectivity index (χ3n) is 2.26. The van der Waals surface area contributed by atoms with E-state index in [-0.39, 0.29) is 11.7 Å². The number of halogens is 2. The highest BCUT2D eigenvalue weighted by atomic mass is 79.9. The molecular formula is C12H13Br2N3O4S. The Labute approximate surface area is 149 Å². The normalized spacial score (nSPS) is 9.64. The quantitative estimate of drug-likeness (QED) is 0.479. The molecule has 0 aliphatic carbocycles. The molecule has 0 saturated heterocycles. The first-order valence-electron chi connectivity index (χ1n) is 5.85. The van der Waals surface area contributed by atoms with E-state index in [1.54, 1.807) is 0 Å². The van der Waals surface area contributed by atoms with Gasteiger partial charge in [0.05, 0.1) is 11.6 Å². The molecule has 0 heterocycles. The molecule has 120 valence electrons. The van der Waals surface area contributed by atoms with E-state index in [0.717, 1.165) is 14.5 Å². The van der Waals surface area contributed by atoms with E-state index in [1.165, 1.54) is 7.11 Å². The highest BCUT2D eigenvalue weighted by Gasteiger charge is 2.11. The zero-order chi connectivity index (χ0) is 16.7. The van der Waals surface area contributed by atoms with Crippen molar-refractivity contribution in [3.05, 3.63) is 26.6 Å². The number of carbonyl (C=O) groups excluding carboxylic acids is 2. The number of hydrogen-bond acceptors (Lipinski definition) is 5. The monoisotopic (exact) mass is 453 g/mol. The van der Waals surface area contributed by atoms with Crippen molar-refractivity contribution in [1.29, 1.82) is 0 Å². The number of ether oxygens (including phenoxy) is 2. The summed E-state index contributed by atoms with van der Waals surface area (Å²) < 4.78 is 11.4. The van der Waals surface area contributed by atoms with Gasteiger partial charge in [-0.3, -0.25) is 15.5 Å². The summed E-state index contributed by atoms with van der Waals surface area (Å²) in [6, 6.07) is 3.68. The predicted octanol–water partition coefficient (Wildman–Crippen LogP) is 2.16. The van der Waals surface area contributed by atoms with Gasteiger partial charge in [0.25, 0.3) is 5.91 Å². The molecule has 1 aromatic carbocycles. The Bertz CT molecular complexity index is 575. The lowest BCUT2D eigenvalue weighted by Gasteiger charge is -2.13. The molecule has 2 amide bonds.